The molecule has 0 heterocycles. The minimum absolute atomic E-state index is 0.0385. The van der Waals surface area contributed by atoms with Crippen LogP contribution >= 0.6 is 0 Å². The average Bonchev–Trinajstić information content (AvgIpc) is 2.65. The van der Waals surface area contributed by atoms with Crippen LogP contribution in [0.1, 0.15) is 84.1 Å². The summed E-state index contributed by atoms with van der Waals surface area (Å²) in [6.45, 7) is 7.19. The second kappa shape index (κ2) is 13.0. The Bertz CT molecular complexity index is 512. The average molecular weight is 380 g/mol. The molecule has 0 aromatic heterocycles. The van der Waals surface area contributed by atoms with Gasteiger partial charge in [-0.3, -0.25) is 0 Å². The van der Waals surface area contributed by atoms with Crippen LogP contribution in [0.4, 0.5) is 0 Å². The molecule has 1 rings (SSSR count). The number of rotatable bonds is 15. The van der Waals surface area contributed by atoms with Gasteiger partial charge in [0.25, 0.3) is 0 Å². The van der Waals surface area contributed by atoms with Gasteiger partial charge in [-0.1, -0.05) is 65.4 Å². The fraction of sp³-hybridized carbons (Fsp3) is 0.739. The summed E-state index contributed by atoms with van der Waals surface area (Å²) in [6.07, 6.45) is 10.9. The third-order valence-corrected chi connectivity index (χ3v) is 5.41. The van der Waals surface area contributed by atoms with Crippen LogP contribution < -0.4 is 10.5 Å². The Morgan fingerprint density at radius 2 is 1.74 bits per heavy atom. The molecule has 0 saturated carbocycles. The first-order valence-electron chi connectivity index (χ1n) is 10.7. The fourth-order valence-electron chi connectivity index (χ4n) is 3.15. The van der Waals surface area contributed by atoms with E-state index in [0.717, 1.165) is 17.9 Å². The van der Waals surface area contributed by atoms with E-state index in [-0.39, 0.29) is 12.4 Å². The Labute approximate surface area is 166 Å². The van der Waals surface area contributed by atoms with E-state index in [1.54, 1.807) is 6.07 Å². The highest BCUT2D eigenvalue weighted by Crippen LogP contribution is 2.26. The van der Waals surface area contributed by atoms with Crippen LogP contribution in [-0.2, 0) is 6.42 Å². The molecule has 4 N–H and O–H groups in total. The number of hydrogen-bond acceptors (Lipinski definition) is 4. The summed E-state index contributed by atoms with van der Waals surface area (Å²) >= 11 is 0. The number of phenols is 1. The summed E-state index contributed by atoms with van der Waals surface area (Å²) in [5, 5.41) is 19.6. The van der Waals surface area contributed by atoms with Crippen molar-refractivity contribution < 1.29 is 14.9 Å². The van der Waals surface area contributed by atoms with E-state index in [9.17, 15) is 10.2 Å². The molecule has 0 aliphatic heterocycles. The molecule has 27 heavy (non-hydrogen) atoms. The number of hydrogen-bond donors (Lipinski definition) is 3. The van der Waals surface area contributed by atoms with Gasteiger partial charge in [0.05, 0.1) is 13.2 Å². The van der Waals surface area contributed by atoms with Crippen molar-refractivity contribution >= 4 is 0 Å². The van der Waals surface area contributed by atoms with Crippen LogP contribution in [-0.4, -0.2) is 29.0 Å². The van der Waals surface area contributed by atoms with Gasteiger partial charge in [-0.05, 0) is 43.2 Å². The third kappa shape index (κ3) is 10.0. The molecule has 1 atom stereocenters. The summed E-state index contributed by atoms with van der Waals surface area (Å²) in [5.41, 5.74) is 6.39. The zero-order chi connectivity index (χ0) is 20.1. The van der Waals surface area contributed by atoms with Crippen LogP contribution in [0.5, 0.6) is 11.5 Å². The number of aliphatic hydroxyl groups is 1. The quantitative estimate of drug-likeness (QED) is 0.367. The highest BCUT2D eigenvalue weighted by molar-refractivity contribution is 5.39. The summed E-state index contributed by atoms with van der Waals surface area (Å²) < 4.78 is 5.76. The first kappa shape index (κ1) is 23.8. The Hall–Kier alpha value is -1.26. The Balaban J connectivity index is 2.23. The van der Waals surface area contributed by atoms with E-state index in [1.807, 2.05) is 19.1 Å². The lowest BCUT2D eigenvalue weighted by molar-refractivity contribution is 0.182. The molecular weight excluding hydrogens is 338 g/mol. The number of ether oxygens (including phenoxy) is 1. The van der Waals surface area contributed by atoms with E-state index in [2.05, 4.69) is 13.8 Å². The van der Waals surface area contributed by atoms with Gasteiger partial charge in [-0.2, -0.15) is 0 Å². The van der Waals surface area contributed by atoms with Gasteiger partial charge < -0.3 is 20.7 Å². The lowest BCUT2D eigenvalue weighted by Crippen LogP contribution is -2.43. The molecule has 0 spiro atoms. The van der Waals surface area contributed by atoms with Gasteiger partial charge >= 0.3 is 0 Å². The van der Waals surface area contributed by atoms with Crippen molar-refractivity contribution in [3.05, 3.63) is 23.8 Å². The second-order valence-corrected chi connectivity index (χ2v) is 8.32. The van der Waals surface area contributed by atoms with Crippen LogP contribution in [0.25, 0.3) is 0 Å². The Morgan fingerprint density at radius 1 is 1.07 bits per heavy atom. The lowest BCUT2D eigenvalue weighted by atomic mass is 9.90. The number of aromatic hydroxyl groups is 1. The zero-order valence-corrected chi connectivity index (χ0v) is 17.7. The van der Waals surface area contributed by atoms with Crippen molar-refractivity contribution in [1.82, 2.24) is 0 Å². The van der Waals surface area contributed by atoms with Gasteiger partial charge in [0.2, 0.25) is 0 Å². The van der Waals surface area contributed by atoms with Crippen molar-refractivity contribution in [1.29, 1.82) is 0 Å². The molecule has 0 bridgehead atoms. The molecule has 1 unspecified atom stereocenters. The molecule has 4 heteroatoms. The van der Waals surface area contributed by atoms with Gasteiger partial charge in [0.1, 0.15) is 11.5 Å². The van der Waals surface area contributed by atoms with Crippen molar-refractivity contribution in [3.63, 3.8) is 0 Å². The van der Waals surface area contributed by atoms with E-state index in [0.29, 0.717) is 31.6 Å². The second-order valence-electron chi connectivity index (χ2n) is 8.32. The van der Waals surface area contributed by atoms with Gasteiger partial charge in [0.15, 0.2) is 0 Å². The monoisotopic (exact) mass is 379 g/mol. The SMILES string of the molecule is CCC(N)(CO)CCc1ccc(OCCCCCCCCC(C)C)cc1O. The fourth-order valence-corrected chi connectivity index (χ4v) is 3.15. The third-order valence-electron chi connectivity index (χ3n) is 5.41. The molecule has 0 fully saturated rings. The van der Waals surface area contributed by atoms with Crippen molar-refractivity contribution in [2.24, 2.45) is 11.7 Å². The van der Waals surface area contributed by atoms with Gasteiger partial charge in [0, 0.05) is 11.6 Å². The summed E-state index contributed by atoms with van der Waals surface area (Å²) in [5.74, 6) is 1.78. The molecular formula is C23H41NO3. The van der Waals surface area contributed by atoms with E-state index < -0.39 is 5.54 Å². The van der Waals surface area contributed by atoms with Crippen LogP contribution in [0, 0.1) is 5.92 Å². The van der Waals surface area contributed by atoms with Gasteiger partial charge in [-0.25, -0.2) is 0 Å². The topological polar surface area (TPSA) is 75.7 Å². The molecule has 156 valence electrons. The highest BCUT2D eigenvalue weighted by Gasteiger charge is 2.21. The van der Waals surface area contributed by atoms with Crippen LogP contribution in [0.2, 0.25) is 0 Å². The normalized spacial score (nSPS) is 13.7. The number of phenolic OH excluding ortho intramolecular Hbond substituents is 1. The van der Waals surface area contributed by atoms with Crippen molar-refractivity contribution in [2.45, 2.75) is 90.5 Å². The summed E-state index contributed by atoms with van der Waals surface area (Å²) in [4.78, 5) is 0. The largest absolute Gasteiger partial charge is 0.508 e. The standard InChI is InChI=1S/C23H41NO3/c1-4-23(24,18-25)15-14-20-12-13-21(17-22(20)26)27-16-10-8-6-5-7-9-11-19(2)3/h12-13,17,19,25-26H,4-11,14-16,18,24H2,1-3H3. The number of nitrogens with two attached hydrogens (primary N) is 1. The Kier molecular flexibility index (Phi) is 11.5. The maximum absolute atomic E-state index is 10.2. The maximum Gasteiger partial charge on any atom is 0.122 e. The van der Waals surface area contributed by atoms with Crippen molar-refractivity contribution in [3.8, 4) is 11.5 Å². The molecule has 1 aromatic carbocycles. The van der Waals surface area contributed by atoms with E-state index in [4.69, 9.17) is 10.5 Å². The smallest absolute Gasteiger partial charge is 0.122 e. The predicted molar refractivity (Wildman–Crippen MR) is 113 cm³/mol. The summed E-state index contributed by atoms with van der Waals surface area (Å²) in [6, 6.07) is 5.49. The Morgan fingerprint density at radius 3 is 2.33 bits per heavy atom. The zero-order valence-electron chi connectivity index (χ0n) is 17.7. The minimum atomic E-state index is -0.573. The number of aliphatic hydroxyl groups excluding tert-OH is 1. The number of benzene rings is 1. The van der Waals surface area contributed by atoms with E-state index >= 15 is 0 Å². The number of aryl methyl sites for hydroxylation is 1. The molecule has 4 nitrogen and oxygen atoms in total. The molecule has 0 radical (unpaired) electrons. The van der Waals surface area contributed by atoms with Crippen LogP contribution in [0.15, 0.2) is 18.2 Å². The van der Waals surface area contributed by atoms with Crippen molar-refractivity contribution in [2.75, 3.05) is 13.2 Å². The molecule has 0 amide bonds. The maximum atomic E-state index is 10.2. The molecule has 0 aliphatic rings. The molecule has 1 aromatic rings. The predicted octanol–water partition coefficient (Wildman–Crippen LogP) is 5.19. The van der Waals surface area contributed by atoms with Gasteiger partial charge in [-0.15, -0.1) is 0 Å². The molecule has 0 saturated heterocycles. The van der Waals surface area contributed by atoms with Crippen LogP contribution in [0.3, 0.4) is 0 Å². The first-order valence-corrected chi connectivity index (χ1v) is 10.7. The minimum Gasteiger partial charge on any atom is -0.508 e. The first-order chi connectivity index (χ1) is 12.9. The highest BCUT2D eigenvalue weighted by atomic mass is 16.5. The van der Waals surface area contributed by atoms with E-state index in [1.165, 1.54) is 38.5 Å². The lowest BCUT2D eigenvalue weighted by Gasteiger charge is -2.25. The summed E-state index contributed by atoms with van der Waals surface area (Å²) in [7, 11) is 0. The number of unbranched alkanes of at least 4 members (excludes halogenated alkanes) is 5. The molecule has 0 aliphatic carbocycles.